The van der Waals surface area contributed by atoms with Crippen LogP contribution in [0, 0.1) is 5.82 Å². The van der Waals surface area contributed by atoms with Crippen molar-refractivity contribution in [1.29, 1.82) is 0 Å². The van der Waals surface area contributed by atoms with Crippen LogP contribution in [0.3, 0.4) is 0 Å². The third-order valence-electron chi connectivity index (χ3n) is 4.04. The molecule has 29 heavy (non-hydrogen) atoms. The zero-order valence-electron chi connectivity index (χ0n) is 16.9. The average Bonchev–Trinajstić information content (AvgIpc) is 2.71. The molecular weight excluding hydrogens is 502 g/mol. The number of benzene rings is 2. The van der Waals surface area contributed by atoms with E-state index in [1.54, 1.807) is 43.9 Å². The minimum Gasteiger partial charge on any atom is -0.356 e. The predicted molar refractivity (Wildman–Crippen MR) is 131 cm³/mol. The standard InChI is InChI=1S/C21H27FN4OS.HI/c1-23-21(24-12-13-28-15-18-6-4-5-7-19(18)22)25-14-16-8-10-17(11-9-16)20(27)26(2)3;/h4-11H,12-15H2,1-3H3,(H2,23,24,25);1H. The van der Waals surface area contributed by atoms with Gasteiger partial charge >= 0.3 is 0 Å². The molecule has 0 atom stereocenters. The van der Waals surface area contributed by atoms with Gasteiger partial charge in [-0.25, -0.2) is 4.39 Å². The Morgan fingerprint density at radius 1 is 1.10 bits per heavy atom. The van der Waals surface area contributed by atoms with Crippen LogP contribution in [0.2, 0.25) is 0 Å². The maximum Gasteiger partial charge on any atom is 0.253 e. The van der Waals surface area contributed by atoms with Gasteiger partial charge in [-0.15, -0.1) is 24.0 Å². The molecule has 0 radical (unpaired) electrons. The smallest absolute Gasteiger partial charge is 0.253 e. The fraction of sp³-hybridized carbons (Fsp3) is 0.333. The number of halogens is 2. The highest BCUT2D eigenvalue weighted by Gasteiger charge is 2.07. The van der Waals surface area contributed by atoms with Crippen LogP contribution in [-0.4, -0.2) is 50.2 Å². The Labute approximate surface area is 193 Å². The fourth-order valence-corrected chi connectivity index (χ4v) is 3.31. The van der Waals surface area contributed by atoms with Gasteiger partial charge in [0, 0.05) is 51.3 Å². The van der Waals surface area contributed by atoms with Gasteiger partial charge in [0.15, 0.2) is 5.96 Å². The molecule has 0 saturated heterocycles. The van der Waals surface area contributed by atoms with E-state index in [1.807, 2.05) is 36.4 Å². The second kappa shape index (κ2) is 13.4. The minimum absolute atomic E-state index is 0. The van der Waals surface area contributed by atoms with Crippen LogP contribution < -0.4 is 10.6 Å². The molecule has 2 aromatic rings. The van der Waals surface area contributed by atoms with Crippen molar-refractivity contribution in [1.82, 2.24) is 15.5 Å². The Balaban J connectivity index is 0.00000420. The molecule has 8 heteroatoms. The quantitative estimate of drug-likeness (QED) is 0.236. The van der Waals surface area contributed by atoms with Gasteiger partial charge in [-0.2, -0.15) is 11.8 Å². The number of aliphatic imine (C=N–C) groups is 1. The summed E-state index contributed by atoms with van der Waals surface area (Å²) >= 11 is 1.67. The van der Waals surface area contributed by atoms with Crippen LogP contribution in [0.5, 0.6) is 0 Å². The highest BCUT2D eigenvalue weighted by atomic mass is 127. The molecule has 0 spiro atoms. The third-order valence-corrected chi connectivity index (χ3v) is 5.05. The summed E-state index contributed by atoms with van der Waals surface area (Å²) in [4.78, 5) is 17.7. The number of hydrogen-bond donors (Lipinski definition) is 2. The number of nitrogens with one attached hydrogen (secondary N) is 2. The van der Waals surface area contributed by atoms with E-state index in [-0.39, 0.29) is 35.7 Å². The monoisotopic (exact) mass is 530 g/mol. The maximum atomic E-state index is 13.6. The van der Waals surface area contributed by atoms with E-state index in [9.17, 15) is 9.18 Å². The van der Waals surface area contributed by atoms with Crippen LogP contribution >= 0.6 is 35.7 Å². The molecule has 0 fully saturated rings. The molecule has 0 aliphatic carbocycles. The molecule has 0 bridgehead atoms. The highest BCUT2D eigenvalue weighted by molar-refractivity contribution is 14.0. The number of carbonyl (C=O) groups excluding carboxylic acids is 1. The van der Waals surface area contributed by atoms with Gasteiger partial charge in [0.05, 0.1) is 0 Å². The van der Waals surface area contributed by atoms with E-state index in [4.69, 9.17) is 0 Å². The van der Waals surface area contributed by atoms with Crippen molar-refractivity contribution in [3.05, 3.63) is 71.0 Å². The lowest BCUT2D eigenvalue weighted by atomic mass is 10.1. The van der Waals surface area contributed by atoms with Gasteiger partial charge in [-0.1, -0.05) is 30.3 Å². The van der Waals surface area contributed by atoms with Crippen LogP contribution in [0.25, 0.3) is 0 Å². The molecule has 2 N–H and O–H groups in total. The number of rotatable bonds is 8. The molecule has 5 nitrogen and oxygen atoms in total. The SMILES string of the molecule is CN=C(NCCSCc1ccccc1F)NCc1ccc(C(=O)N(C)C)cc1.I. The van der Waals surface area contributed by atoms with Crippen molar-refractivity contribution in [3.8, 4) is 0 Å². The summed E-state index contributed by atoms with van der Waals surface area (Å²) in [5, 5.41) is 6.50. The number of hydrogen-bond acceptors (Lipinski definition) is 3. The molecule has 2 rings (SSSR count). The molecule has 0 heterocycles. The van der Waals surface area contributed by atoms with Crippen LogP contribution in [0.1, 0.15) is 21.5 Å². The molecule has 1 amide bonds. The lowest BCUT2D eigenvalue weighted by Crippen LogP contribution is -2.37. The molecule has 158 valence electrons. The van der Waals surface area contributed by atoms with Gasteiger partial charge in [0.25, 0.3) is 5.91 Å². The van der Waals surface area contributed by atoms with Crippen LogP contribution in [0.4, 0.5) is 4.39 Å². The van der Waals surface area contributed by atoms with Crippen molar-refractivity contribution >= 4 is 47.6 Å². The Morgan fingerprint density at radius 2 is 1.79 bits per heavy atom. The summed E-state index contributed by atoms with van der Waals surface area (Å²) in [5.41, 5.74) is 2.46. The van der Waals surface area contributed by atoms with Gasteiger partial charge in [-0.05, 0) is 29.3 Å². The number of nitrogens with zero attached hydrogens (tertiary/aromatic N) is 2. The average molecular weight is 530 g/mol. The van der Waals surface area contributed by atoms with Gasteiger partial charge in [0.2, 0.25) is 0 Å². The zero-order valence-corrected chi connectivity index (χ0v) is 20.1. The van der Waals surface area contributed by atoms with E-state index < -0.39 is 0 Å². The van der Waals surface area contributed by atoms with E-state index in [1.165, 1.54) is 6.07 Å². The molecule has 0 saturated carbocycles. The van der Waals surface area contributed by atoms with E-state index in [0.717, 1.165) is 23.4 Å². The summed E-state index contributed by atoms with van der Waals surface area (Å²) in [7, 11) is 5.20. The van der Waals surface area contributed by atoms with Gasteiger partial charge in [0.1, 0.15) is 5.82 Å². The van der Waals surface area contributed by atoms with E-state index in [2.05, 4.69) is 15.6 Å². The lowest BCUT2D eigenvalue weighted by molar-refractivity contribution is 0.0827. The van der Waals surface area contributed by atoms with E-state index in [0.29, 0.717) is 23.8 Å². The summed E-state index contributed by atoms with van der Waals surface area (Å²) in [5.74, 6) is 2.04. The third kappa shape index (κ3) is 8.61. The topological polar surface area (TPSA) is 56.7 Å². The van der Waals surface area contributed by atoms with Crippen molar-refractivity contribution in [2.24, 2.45) is 4.99 Å². The minimum atomic E-state index is -0.154. The Bertz CT molecular complexity index is 800. The van der Waals surface area contributed by atoms with Crippen molar-refractivity contribution < 1.29 is 9.18 Å². The molecule has 0 unspecified atom stereocenters. The van der Waals surface area contributed by atoms with Crippen LogP contribution in [0.15, 0.2) is 53.5 Å². The van der Waals surface area contributed by atoms with Crippen LogP contribution in [-0.2, 0) is 12.3 Å². The number of carbonyl (C=O) groups is 1. The van der Waals surface area contributed by atoms with Crippen molar-refractivity contribution in [2.75, 3.05) is 33.4 Å². The Kier molecular flexibility index (Phi) is 11.7. The van der Waals surface area contributed by atoms with E-state index >= 15 is 0 Å². The zero-order chi connectivity index (χ0) is 20.4. The normalized spacial score (nSPS) is 10.8. The summed E-state index contributed by atoms with van der Waals surface area (Å²) in [6.45, 7) is 1.34. The molecule has 0 aliphatic rings. The summed E-state index contributed by atoms with van der Waals surface area (Å²) in [6, 6.07) is 14.4. The summed E-state index contributed by atoms with van der Waals surface area (Å²) < 4.78 is 13.6. The first-order chi connectivity index (χ1) is 13.5. The second-order valence-electron chi connectivity index (χ2n) is 6.39. The first-order valence-corrected chi connectivity index (χ1v) is 10.2. The molecule has 0 aromatic heterocycles. The first-order valence-electron chi connectivity index (χ1n) is 9.07. The number of guanidine groups is 1. The van der Waals surface area contributed by atoms with Crippen molar-refractivity contribution in [2.45, 2.75) is 12.3 Å². The maximum absolute atomic E-state index is 13.6. The predicted octanol–water partition coefficient (Wildman–Crippen LogP) is 3.74. The molecule has 0 aliphatic heterocycles. The van der Waals surface area contributed by atoms with Crippen molar-refractivity contribution in [3.63, 3.8) is 0 Å². The largest absolute Gasteiger partial charge is 0.356 e. The molecule has 2 aromatic carbocycles. The molecular formula is C21H28FIN4OS. The van der Waals surface area contributed by atoms with Gasteiger partial charge in [-0.3, -0.25) is 9.79 Å². The Morgan fingerprint density at radius 3 is 2.41 bits per heavy atom. The fourth-order valence-electron chi connectivity index (χ4n) is 2.47. The number of amides is 1. The number of thioether (sulfide) groups is 1. The first kappa shape index (κ1) is 25.2. The highest BCUT2D eigenvalue weighted by Crippen LogP contribution is 2.14. The van der Waals surface area contributed by atoms with Gasteiger partial charge < -0.3 is 15.5 Å². The second-order valence-corrected chi connectivity index (χ2v) is 7.50. The lowest BCUT2D eigenvalue weighted by Gasteiger charge is -2.13. The summed E-state index contributed by atoms with van der Waals surface area (Å²) in [6.07, 6.45) is 0. The Hall–Kier alpha value is -1.81.